The van der Waals surface area contributed by atoms with Gasteiger partial charge < -0.3 is 10.6 Å². The number of hydrogen-bond acceptors (Lipinski definition) is 3. The number of anilines is 2. The van der Waals surface area contributed by atoms with Crippen LogP contribution in [0, 0.1) is 5.41 Å². The summed E-state index contributed by atoms with van der Waals surface area (Å²) in [7, 11) is 0. The highest BCUT2D eigenvalue weighted by Gasteiger charge is 2.27. The summed E-state index contributed by atoms with van der Waals surface area (Å²) < 4.78 is 0. The van der Waals surface area contributed by atoms with E-state index in [2.05, 4.69) is 24.5 Å². The maximum absolute atomic E-state index is 12.4. The number of carbonyl (C=O) groups excluding carboxylic acids is 2. The van der Waals surface area contributed by atoms with E-state index in [0.717, 1.165) is 17.8 Å². The molecule has 0 radical (unpaired) electrons. The summed E-state index contributed by atoms with van der Waals surface area (Å²) in [5.41, 5.74) is 2.89. The average Bonchev–Trinajstić information content (AvgIpc) is 2.55. The zero-order valence-electron chi connectivity index (χ0n) is 14.5. The summed E-state index contributed by atoms with van der Waals surface area (Å²) in [6.07, 6.45) is 3.02. The molecular weight excluding hydrogens is 312 g/mol. The van der Waals surface area contributed by atoms with E-state index in [1.54, 1.807) is 18.2 Å². The number of benzene rings is 2. The molecule has 4 heteroatoms. The first-order valence-electron chi connectivity index (χ1n) is 8.39. The largest absolute Gasteiger partial charge is 0.357 e. The third-order valence-electron chi connectivity index (χ3n) is 4.16. The lowest BCUT2D eigenvalue weighted by Gasteiger charge is -2.29. The van der Waals surface area contributed by atoms with Crippen LogP contribution in [0.1, 0.15) is 37.0 Å². The summed E-state index contributed by atoms with van der Waals surface area (Å²) >= 11 is 0. The number of hydrogen-bond donors (Lipinski definition) is 2. The van der Waals surface area contributed by atoms with Crippen molar-refractivity contribution in [3.63, 3.8) is 0 Å². The Hall–Kier alpha value is -2.88. The highest BCUT2D eigenvalue weighted by molar-refractivity contribution is 6.06. The highest BCUT2D eigenvalue weighted by Crippen LogP contribution is 2.35. The van der Waals surface area contributed by atoms with Crippen molar-refractivity contribution in [3.8, 4) is 0 Å². The van der Waals surface area contributed by atoms with Gasteiger partial charge in [0.15, 0.2) is 5.78 Å². The van der Waals surface area contributed by atoms with Gasteiger partial charge in [0.25, 0.3) is 5.91 Å². The van der Waals surface area contributed by atoms with E-state index in [9.17, 15) is 9.59 Å². The second-order valence-electron chi connectivity index (χ2n) is 7.14. The first-order chi connectivity index (χ1) is 11.9. The molecule has 0 aromatic heterocycles. The maximum atomic E-state index is 12.4. The van der Waals surface area contributed by atoms with Crippen molar-refractivity contribution in [2.24, 2.45) is 5.41 Å². The quantitative estimate of drug-likeness (QED) is 0.857. The number of para-hydroxylation sites is 2. The van der Waals surface area contributed by atoms with Crippen LogP contribution in [0.25, 0.3) is 0 Å². The normalized spacial score (nSPS) is 16.1. The minimum Gasteiger partial charge on any atom is -0.357 e. The molecule has 0 heterocycles. The molecule has 2 aromatic carbocycles. The molecule has 0 fully saturated rings. The molecule has 128 valence electrons. The number of nitrogens with one attached hydrogen (secondary N) is 2. The predicted molar refractivity (Wildman–Crippen MR) is 101 cm³/mol. The summed E-state index contributed by atoms with van der Waals surface area (Å²) in [4.78, 5) is 24.3. The van der Waals surface area contributed by atoms with Gasteiger partial charge in [-0.2, -0.15) is 0 Å². The van der Waals surface area contributed by atoms with Crippen molar-refractivity contribution in [2.45, 2.75) is 26.7 Å². The molecule has 4 nitrogen and oxygen atoms in total. The van der Waals surface area contributed by atoms with Gasteiger partial charge in [-0.05, 0) is 36.1 Å². The lowest BCUT2D eigenvalue weighted by atomic mass is 9.79. The molecular formula is C21H22N2O2. The second kappa shape index (κ2) is 6.93. The summed E-state index contributed by atoms with van der Waals surface area (Å²) in [5, 5.41) is 6.25. The third kappa shape index (κ3) is 4.35. The smallest absolute Gasteiger partial charge is 0.255 e. The van der Waals surface area contributed by atoms with Crippen LogP contribution in [-0.4, -0.2) is 11.7 Å². The molecule has 0 atom stereocenters. The molecule has 2 aromatic rings. The van der Waals surface area contributed by atoms with Gasteiger partial charge in [0.1, 0.15) is 0 Å². The molecule has 0 saturated carbocycles. The fraction of sp³-hybridized carbons (Fsp3) is 0.238. The Morgan fingerprint density at radius 2 is 1.56 bits per heavy atom. The fourth-order valence-corrected chi connectivity index (χ4v) is 3.08. The highest BCUT2D eigenvalue weighted by atomic mass is 16.1. The van der Waals surface area contributed by atoms with Crippen LogP contribution < -0.4 is 10.6 Å². The van der Waals surface area contributed by atoms with Crippen LogP contribution in [0.2, 0.25) is 0 Å². The van der Waals surface area contributed by atoms with Crippen LogP contribution in [-0.2, 0) is 4.79 Å². The number of ketones is 1. The van der Waals surface area contributed by atoms with Gasteiger partial charge in [0.05, 0.1) is 11.4 Å². The van der Waals surface area contributed by atoms with Crippen molar-refractivity contribution in [1.82, 2.24) is 0 Å². The van der Waals surface area contributed by atoms with E-state index in [1.807, 2.05) is 42.5 Å². The van der Waals surface area contributed by atoms with Crippen molar-refractivity contribution >= 4 is 23.1 Å². The van der Waals surface area contributed by atoms with Gasteiger partial charge in [0, 0.05) is 23.8 Å². The third-order valence-corrected chi connectivity index (χ3v) is 4.16. The fourth-order valence-electron chi connectivity index (χ4n) is 3.08. The Morgan fingerprint density at radius 3 is 2.24 bits per heavy atom. The van der Waals surface area contributed by atoms with Crippen LogP contribution in [0.15, 0.2) is 66.4 Å². The zero-order valence-corrected chi connectivity index (χ0v) is 14.5. The Bertz CT molecular complexity index is 823. The molecule has 0 spiro atoms. The van der Waals surface area contributed by atoms with Crippen LogP contribution in [0.5, 0.6) is 0 Å². The van der Waals surface area contributed by atoms with Gasteiger partial charge in [-0.15, -0.1) is 0 Å². The SMILES string of the molecule is CC1(C)CC(=O)C=C(Nc2ccccc2NC(=O)c2ccccc2)C1. The minimum atomic E-state index is -0.163. The van der Waals surface area contributed by atoms with Crippen LogP contribution in [0.3, 0.4) is 0 Å². The minimum absolute atomic E-state index is 0.0591. The Morgan fingerprint density at radius 1 is 0.920 bits per heavy atom. The van der Waals surface area contributed by atoms with E-state index < -0.39 is 0 Å². The van der Waals surface area contributed by atoms with Crippen LogP contribution >= 0.6 is 0 Å². The van der Waals surface area contributed by atoms with E-state index in [-0.39, 0.29) is 17.1 Å². The average molecular weight is 334 g/mol. The molecule has 0 aliphatic heterocycles. The number of carbonyl (C=O) groups is 2. The van der Waals surface area contributed by atoms with Gasteiger partial charge in [0.2, 0.25) is 0 Å². The number of allylic oxidation sites excluding steroid dienone is 2. The van der Waals surface area contributed by atoms with Crippen LogP contribution in [0.4, 0.5) is 11.4 Å². The molecule has 1 aliphatic carbocycles. The number of amides is 1. The Balaban J connectivity index is 1.80. The predicted octanol–water partition coefficient (Wildman–Crippen LogP) is 4.62. The summed E-state index contributed by atoms with van der Waals surface area (Å²) in [5.74, 6) is -0.0339. The van der Waals surface area contributed by atoms with Gasteiger partial charge in [-0.1, -0.05) is 44.2 Å². The first-order valence-corrected chi connectivity index (χ1v) is 8.39. The van der Waals surface area contributed by atoms with Gasteiger partial charge in [-0.25, -0.2) is 0 Å². The van der Waals surface area contributed by atoms with E-state index in [0.29, 0.717) is 17.7 Å². The van der Waals surface area contributed by atoms with Crippen molar-refractivity contribution < 1.29 is 9.59 Å². The molecule has 1 amide bonds. The topological polar surface area (TPSA) is 58.2 Å². The van der Waals surface area contributed by atoms with E-state index >= 15 is 0 Å². The molecule has 0 bridgehead atoms. The van der Waals surface area contributed by atoms with Gasteiger partial charge in [-0.3, -0.25) is 9.59 Å². The molecule has 2 N–H and O–H groups in total. The first kappa shape index (κ1) is 17.0. The summed E-state index contributed by atoms with van der Waals surface area (Å²) in [6, 6.07) is 16.6. The maximum Gasteiger partial charge on any atom is 0.255 e. The van der Waals surface area contributed by atoms with Gasteiger partial charge >= 0.3 is 0 Å². The molecule has 3 rings (SSSR count). The molecule has 1 aliphatic rings. The summed E-state index contributed by atoms with van der Waals surface area (Å²) in [6.45, 7) is 4.17. The monoisotopic (exact) mass is 334 g/mol. The number of rotatable bonds is 4. The van der Waals surface area contributed by atoms with Crippen molar-refractivity contribution in [2.75, 3.05) is 10.6 Å². The standard InChI is InChI=1S/C21H22N2O2/c1-21(2)13-16(12-17(24)14-21)22-18-10-6-7-11-19(18)23-20(25)15-8-4-3-5-9-15/h3-12,22H,13-14H2,1-2H3,(H,23,25). The van der Waals surface area contributed by atoms with E-state index in [4.69, 9.17) is 0 Å². The Labute approximate surface area is 148 Å². The second-order valence-corrected chi connectivity index (χ2v) is 7.14. The molecule has 25 heavy (non-hydrogen) atoms. The van der Waals surface area contributed by atoms with Crippen molar-refractivity contribution in [3.05, 3.63) is 71.9 Å². The van der Waals surface area contributed by atoms with E-state index in [1.165, 1.54) is 0 Å². The molecule has 0 saturated heterocycles. The Kier molecular flexibility index (Phi) is 4.70. The zero-order chi connectivity index (χ0) is 17.9. The van der Waals surface area contributed by atoms with Crippen molar-refractivity contribution in [1.29, 1.82) is 0 Å². The lowest BCUT2D eigenvalue weighted by Crippen LogP contribution is -2.24. The molecule has 0 unspecified atom stereocenters. The lowest BCUT2D eigenvalue weighted by molar-refractivity contribution is -0.117.